The van der Waals surface area contributed by atoms with Crippen molar-refractivity contribution in [2.75, 3.05) is 7.11 Å². The molecule has 0 amide bonds. The SMILES string of the molecule is COc1ccccc1-c1[c]nn[nH]1. The minimum atomic E-state index is 0.734. The highest BCUT2D eigenvalue weighted by Gasteiger charge is 2.05. The van der Waals surface area contributed by atoms with Crippen molar-refractivity contribution in [3.63, 3.8) is 0 Å². The van der Waals surface area contributed by atoms with E-state index in [1.54, 1.807) is 7.11 Å². The molecule has 2 aromatic rings. The molecule has 13 heavy (non-hydrogen) atoms. The molecular weight excluding hydrogens is 166 g/mol. The van der Waals surface area contributed by atoms with E-state index in [4.69, 9.17) is 4.74 Å². The van der Waals surface area contributed by atoms with Gasteiger partial charge in [-0.1, -0.05) is 17.3 Å². The van der Waals surface area contributed by atoms with Crippen molar-refractivity contribution in [3.8, 4) is 17.0 Å². The minimum absolute atomic E-state index is 0.734. The van der Waals surface area contributed by atoms with E-state index < -0.39 is 0 Å². The van der Waals surface area contributed by atoms with Gasteiger partial charge in [0.25, 0.3) is 0 Å². The molecule has 0 fully saturated rings. The maximum Gasteiger partial charge on any atom is 0.143 e. The number of nitrogens with one attached hydrogen (secondary N) is 1. The molecule has 4 heteroatoms. The van der Waals surface area contributed by atoms with Crippen LogP contribution in [0.4, 0.5) is 0 Å². The third-order valence-electron chi connectivity index (χ3n) is 1.75. The van der Waals surface area contributed by atoms with Crippen LogP contribution in [0.5, 0.6) is 5.75 Å². The first-order valence-corrected chi connectivity index (χ1v) is 3.84. The van der Waals surface area contributed by atoms with Gasteiger partial charge in [-0.3, -0.25) is 5.10 Å². The number of nitrogens with zero attached hydrogens (tertiary/aromatic N) is 2. The largest absolute Gasteiger partial charge is 0.496 e. The van der Waals surface area contributed by atoms with Crippen LogP contribution >= 0.6 is 0 Å². The van der Waals surface area contributed by atoms with E-state index in [0.717, 1.165) is 17.0 Å². The molecule has 2 rings (SSSR count). The quantitative estimate of drug-likeness (QED) is 0.746. The second-order valence-electron chi connectivity index (χ2n) is 2.50. The fraction of sp³-hybridized carbons (Fsp3) is 0.111. The number of aromatic amines is 1. The lowest BCUT2D eigenvalue weighted by Gasteiger charge is -2.04. The summed E-state index contributed by atoms with van der Waals surface area (Å²) in [5.74, 6) is 0.782. The van der Waals surface area contributed by atoms with E-state index in [-0.39, 0.29) is 0 Å². The van der Waals surface area contributed by atoms with Crippen LogP contribution in [0, 0.1) is 6.20 Å². The summed E-state index contributed by atoms with van der Waals surface area (Å²) in [4.78, 5) is 0. The molecule has 0 atom stereocenters. The molecule has 0 saturated carbocycles. The normalized spacial score (nSPS) is 9.92. The Bertz CT molecular complexity index is 384. The zero-order chi connectivity index (χ0) is 9.10. The van der Waals surface area contributed by atoms with Crippen LogP contribution < -0.4 is 4.74 Å². The highest BCUT2D eigenvalue weighted by Crippen LogP contribution is 2.26. The van der Waals surface area contributed by atoms with Crippen molar-refractivity contribution in [2.45, 2.75) is 0 Å². The molecule has 0 unspecified atom stereocenters. The zero-order valence-corrected chi connectivity index (χ0v) is 7.11. The topological polar surface area (TPSA) is 50.8 Å². The predicted octanol–water partition coefficient (Wildman–Crippen LogP) is 1.28. The number of H-pyrrole nitrogens is 1. The third-order valence-corrected chi connectivity index (χ3v) is 1.75. The Morgan fingerprint density at radius 3 is 2.92 bits per heavy atom. The number of hydrogen-bond donors (Lipinski definition) is 1. The number of hydrogen-bond acceptors (Lipinski definition) is 3. The second kappa shape index (κ2) is 3.26. The van der Waals surface area contributed by atoms with E-state index in [2.05, 4.69) is 21.6 Å². The van der Waals surface area contributed by atoms with Crippen LogP contribution in [0.25, 0.3) is 11.3 Å². The van der Waals surface area contributed by atoms with Gasteiger partial charge in [-0.25, -0.2) is 0 Å². The molecule has 0 aliphatic carbocycles. The van der Waals surface area contributed by atoms with E-state index in [1.165, 1.54) is 0 Å². The van der Waals surface area contributed by atoms with Gasteiger partial charge in [-0.2, -0.15) is 0 Å². The lowest BCUT2D eigenvalue weighted by atomic mass is 10.1. The predicted molar refractivity (Wildman–Crippen MR) is 47.2 cm³/mol. The number of aromatic nitrogens is 3. The summed E-state index contributed by atoms with van der Waals surface area (Å²) in [6.45, 7) is 0. The third kappa shape index (κ3) is 1.38. The number of methoxy groups -OCH3 is 1. The number of rotatable bonds is 2. The summed E-state index contributed by atoms with van der Waals surface area (Å²) < 4.78 is 5.17. The van der Waals surface area contributed by atoms with Gasteiger partial charge in [-0.05, 0) is 12.1 Å². The molecule has 1 aromatic heterocycles. The summed E-state index contributed by atoms with van der Waals surface area (Å²) in [5, 5.41) is 9.91. The fourth-order valence-corrected chi connectivity index (χ4v) is 1.15. The highest BCUT2D eigenvalue weighted by molar-refractivity contribution is 5.65. The average Bonchev–Trinajstić information content (AvgIpc) is 2.70. The van der Waals surface area contributed by atoms with Crippen LogP contribution in [0.3, 0.4) is 0 Å². The van der Waals surface area contributed by atoms with Gasteiger partial charge in [0.15, 0.2) is 0 Å². The van der Waals surface area contributed by atoms with Crippen molar-refractivity contribution in [1.29, 1.82) is 0 Å². The maximum atomic E-state index is 5.17. The van der Waals surface area contributed by atoms with Gasteiger partial charge in [0.1, 0.15) is 11.9 Å². The van der Waals surface area contributed by atoms with Crippen molar-refractivity contribution in [1.82, 2.24) is 15.4 Å². The maximum absolute atomic E-state index is 5.17. The lowest BCUT2D eigenvalue weighted by Crippen LogP contribution is -1.87. The van der Waals surface area contributed by atoms with Crippen molar-refractivity contribution in [2.24, 2.45) is 0 Å². The lowest BCUT2D eigenvalue weighted by molar-refractivity contribution is 0.416. The van der Waals surface area contributed by atoms with Gasteiger partial charge in [-0.15, -0.1) is 5.10 Å². The van der Waals surface area contributed by atoms with Gasteiger partial charge in [0, 0.05) is 5.56 Å². The summed E-state index contributed by atoms with van der Waals surface area (Å²) in [6, 6.07) is 7.63. The molecule has 0 aliphatic heterocycles. The Morgan fingerprint density at radius 2 is 2.23 bits per heavy atom. The van der Waals surface area contributed by atoms with Gasteiger partial charge in [0.05, 0.1) is 12.8 Å². The first-order chi connectivity index (χ1) is 6.42. The summed E-state index contributed by atoms with van der Waals surface area (Å²) >= 11 is 0. The van der Waals surface area contributed by atoms with E-state index in [1.807, 2.05) is 24.3 Å². The molecule has 4 nitrogen and oxygen atoms in total. The van der Waals surface area contributed by atoms with Crippen LogP contribution in [0.2, 0.25) is 0 Å². The molecule has 0 aliphatic rings. The Hall–Kier alpha value is -1.84. The van der Waals surface area contributed by atoms with Crippen LogP contribution in [-0.2, 0) is 0 Å². The summed E-state index contributed by atoms with van der Waals surface area (Å²) in [5.41, 5.74) is 1.65. The minimum Gasteiger partial charge on any atom is -0.496 e. The molecule has 0 spiro atoms. The van der Waals surface area contributed by atoms with Crippen molar-refractivity contribution in [3.05, 3.63) is 30.5 Å². The molecule has 0 bridgehead atoms. The standard InChI is InChI=1S/C9H8N3O/c1-13-9-5-3-2-4-7(9)8-6-10-12-11-8/h2-5H,1H3,(H,10,11,12). The first-order valence-electron chi connectivity index (χ1n) is 3.84. The van der Waals surface area contributed by atoms with E-state index in [0.29, 0.717) is 0 Å². The average molecular weight is 174 g/mol. The summed E-state index contributed by atoms with van der Waals surface area (Å²) in [7, 11) is 1.63. The molecule has 0 saturated heterocycles. The smallest absolute Gasteiger partial charge is 0.143 e. The van der Waals surface area contributed by atoms with Gasteiger partial charge < -0.3 is 4.74 Å². The number of benzene rings is 1. The second-order valence-corrected chi connectivity index (χ2v) is 2.50. The monoisotopic (exact) mass is 174 g/mol. The molecule has 1 N–H and O–H groups in total. The van der Waals surface area contributed by atoms with E-state index >= 15 is 0 Å². The first kappa shape index (κ1) is 7.79. The Morgan fingerprint density at radius 1 is 1.38 bits per heavy atom. The Balaban J connectivity index is 2.51. The van der Waals surface area contributed by atoms with Gasteiger partial charge in [0.2, 0.25) is 0 Å². The molecule has 1 aromatic carbocycles. The zero-order valence-electron chi connectivity index (χ0n) is 7.11. The van der Waals surface area contributed by atoms with Crippen molar-refractivity contribution < 1.29 is 4.74 Å². The molecule has 1 heterocycles. The van der Waals surface area contributed by atoms with E-state index in [9.17, 15) is 0 Å². The summed E-state index contributed by atoms with van der Waals surface area (Å²) in [6.07, 6.45) is 2.73. The fourth-order valence-electron chi connectivity index (χ4n) is 1.15. The van der Waals surface area contributed by atoms with Crippen LogP contribution in [0.1, 0.15) is 0 Å². The molecule has 1 radical (unpaired) electrons. The van der Waals surface area contributed by atoms with Crippen LogP contribution in [-0.4, -0.2) is 22.5 Å². The number of ether oxygens (including phenoxy) is 1. The Kier molecular flexibility index (Phi) is 1.96. The Labute approximate surface area is 75.6 Å². The highest BCUT2D eigenvalue weighted by atomic mass is 16.5. The van der Waals surface area contributed by atoms with Crippen molar-refractivity contribution >= 4 is 0 Å². The molecular formula is C9H8N3O. The molecule has 65 valence electrons. The number of para-hydroxylation sites is 1. The van der Waals surface area contributed by atoms with Crippen LogP contribution in [0.15, 0.2) is 24.3 Å². The van der Waals surface area contributed by atoms with Gasteiger partial charge >= 0.3 is 0 Å².